The molecule has 0 atom stereocenters. The van der Waals surface area contributed by atoms with Crippen LogP contribution in [0.3, 0.4) is 0 Å². The number of aromatic carboxylic acids is 1. The van der Waals surface area contributed by atoms with Gasteiger partial charge < -0.3 is 10.4 Å². The number of anilines is 1. The van der Waals surface area contributed by atoms with Crippen LogP contribution in [0.25, 0.3) is 0 Å². The van der Waals surface area contributed by atoms with E-state index in [-0.39, 0.29) is 5.56 Å². The summed E-state index contributed by atoms with van der Waals surface area (Å²) in [5.74, 6) is -0.937. The molecule has 0 fully saturated rings. The van der Waals surface area contributed by atoms with Crippen molar-refractivity contribution in [2.24, 2.45) is 0 Å². The summed E-state index contributed by atoms with van der Waals surface area (Å²) in [5, 5.41) is 12.8. The van der Waals surface area contributed by atoms with Gasteiger partial charge in [-0.1, -0.05) is 33.6 Å². The molecule has 0 unspecified atom stereocenters. The zero-order valence-electron chi connectivity index (χ0n) is 9.86. The number of halogens is 2. The molecule has 0 aliphatic carbocycles. The van der Waals surface area contributed by atoms with Crippen molar-refractivity contribution in [3.63, 3.8) is 0 Å². The van der Waals surface area contributed by atoms with Gasteiger partial charge in [-0.05, 0) is 42.0 Å². The first-order valence-corrected chi connectivity index (χ1v) is 6.74. The molecule has 0 aliphatic heterocycles. The standard InChI is InChI=1S/C14H11BrClNO2/c15-13-5-4-11(16)6-10(13)8-17-12-3-1-2-9(7-12)14(18)19/h1-7,17H,8H2,(H,18,19). The summed E-state index contributed by atoms with van der Waals surface area (Å²) in [6.07, 6.45) is 0. The van der Waals surface area contributed by atoms with Gasteiger partial charge in [-0.25, -0.2) is 4.79 Å². The van der Waals surface area contributed by atoms with E-state index >= 15 is 0 Å². The van der Waals surface area contributed by atoms with E-state index in [9.17, 15) is 4.79 Å². The zero-order chi connectivity index (χ0) is 13.8. The highest BCUT2D eigenvalue weighted by molar-refractivity contribution is 9.10. The van der Waals surface area contributed by atoms with Crippen LogP contribution < -0.4 is 5.32 Å². The van der Waals surface area contributed by atoms with Gasteiger partial charge in [-0.2, -0.15) is 0 Å². The van der Waals surface area contributed by atoms with Crippen molar-refractivity contribution >= 4 is 39.2 Å². The molecule has 0 saturated carbocycles. The molecule has 19 heavy (non-hydrogen) atoms. The van der Waals surface area contributed by atoms with Crippen LogP contribution in [0.4, 0.5) is 5.69 Å². The molecule has 0 bridgehead atoms. The maximum absolute atomic E-state index is 10.9. The molecule has 0 radical (unpaired) electrons. The van der Waals surface area contributed by atoms with Gasteiger partial charge in [0.25, 0.3) is 0 Å². The molecule has 3 nitrogen and oxygen atoms in total. The Labute approximate surface area is 124 Å². The monoisotopic (exact) mass is 339 g/mol. The summed E-state index contributed by atoms with van der Waals surface area (Å²) in [6.45, 7) is 0.560. The predicted molar refractivity (Wildman–Crippen MR) is 79.9 cm³/mol. The van der Waals surface area contributed by atoms with Crippen LogP contribution in [0.5, 0.6) is 0 Å². The lowest BCUT2D eigenvalue weighted by Gasteiger charge is -2.09. The van der Waals surface area contributed by atoms with E-state index in [0.29, 0.717) is 11.6 Å². The average Bonchev–Trinajstić information content (AvgIpc) is 2.40. The summed E-state index contributed by atoms with van der Waals surface area (Å²) in [6, 6.07) is 12.2. The molecule has 2 aromatic carbocycles. The fourth-order valence-corrected chi connectivity index (χ4v) is 2.22. The van der Waals surface area contributed by atoms with Crippen LogP contribution in [0.2, 0.25) is 5.02 Å². The van der Waals surface area contributed by atoms with Gasteiger partial charge in [0.2, 0.25) is 0 Å². The van der Waals surface area contributed by atoms with Crippen molar-refractivity contribution in [2.45, 2.75) is 6.54 Å². The second-order valence-corrected chi connectivity index (χ2v) is 5.27. The number of rotatable bonds is 4. The Morgan fingerprint density at radius 1 is 1.26 bits per heavy atom. The van der Waals surface area contributed by atoms with Crippen LogP contribution in [-0.4, -0.2) is 11.1 Å². The van der Waals surface area contributed by atoms with E-state index in [1.54, 1.807) is 24.3 Å². The lowest BCUT2D eigenvalue weighted by Crippen LogP contribution is -2.02. The Morgan fingerprint density at radius 2 is 2.05 bits per heavy atom. The SMILES string of the molecule is O=C(O)c1cccc(NCc2cc(Cl)ccc2Br)c1. The maximum Gasteiger partial charge on any atom is 0.335 e. The molecular formula is C14H11BrClNO2. The Bertz CT molecular complexity index is 616. The Balaban J connectivity index is 2.12. The topological polar surface area (TPSA) is 49.3 Å². The molecule has 2 rings (SSSR count). The number of carboxylic acids is 1. The van der Waals surface area contributed by atoms with Crippen LogP contribution in [-0.2, 0) is 6.54 Å². The largest absolute Gasteiger partial charge is 0.478 e. The van der Waals surface area contributed by atoms with Gasteiger partial charge in [0.05, 0.1) is 5.56 Å². The molecule has 0 aliphatic rings. The highest BCUT2D eigenvalue weighted by Gasteiger charge is 2.04. The fourth-order valence-electron chi connectivity index (χ4n) is 1.64. The number of hydrogen-bond donors (Lipinski definition) is 2. The quantitative estimate of drug-likeness (QED) is 0.866. The van der Waals surface area contributed by atoms with E-state index in [4.69, 9.17) is 16.7 Å². The van der Waals surface area contributed by atoms with Crippen LogP contribution in [0, 0.1) is 0 Å². The number of carboxylic acid groups (broad SMARTS) is 1. The van der Waals surface area contributed by atoms with Crippen LogP contribution >= 0.6 is 27.5 Å². The van der Waals surface area contributed by atoms with Crippen molar-refractivity contribution in [1.82, 2.24) is 0 Å². The van der Waals surface area contributed by atoms with Gasteiger partial charge in [-0.15, -0.1) is 0 Å². The second kappa shape index (κ2) is 6.08. The fraction of sp³-hybridized carbons (Fsp3) is 0.0714. The Hall–Kier alpha value is -1.52. The van der Waals surface area contributed by atoms with Crippen LogP contribution in [0.15, 0.2) is 46.9 Å². The van der Waals surface area contributed by atoms with Crippen molar-refractivity contribution < 1.29 is 9.90 Å². The van der Waals surface area contributed by atoms with Gasteiger partial charge in [0.15, 0.2) is 0 Å². The molecular weight excluding hydrogens is 330 g/mol. The third-order valence-corrected chi connectivity index (χ3v) is 3.61. The summed E-state index contributed by atoms with van der Waals surface area (Å²) in [7, 11) is 0. The second-order valence-electron chi connectivity index (χ2n) is 3.98. The summed E-state index contributed by atoms with van der Waals surface area (Å²) in [4.78, 5) is 10.9. The molecule has 0 spiro atoms. The van der Waals surface area contributed by atoms with Crippen LogP contribution in [0.1, 0.15) is 15.9 Å². The summed E-state index contributed by atoms with van der Waals surface area (Å²) < 4.78 is 0.957. The van der Waals surface area contributed by atoms with Gasteiger partial charge >= 0.3 is 5.97 Å². The molecule has 5 heteroatoms. The molecule has 0 saturated heterocycles. The predicted octanol–water partition coefficient (Wildman–Crippen LogP) is 4.41. The zero-order valence-corrected chi connectivity index (χ0v) is 12.2. The third-order valence-electron chi connectivity index (χ3n) is 2.60. The van der Waals surface area contributed by atoms with Crippen molar-refractivity contribution in [2.75, 3.05) is 5.32 Å². The van der Waals surface area contributed by atoms with Crippen molar-refractivity contribution in [3.05, 3.63) is 63.1 Å². The molecule has 0 heterocycles. The first-order chi connectivity index (χ1) is 9.06. The third kappa shape index (κ3) is 3.72. The minimum Gasteiger partial charge on any atom is -0.478 e. The molecule has 98 valence electrons. The van der Waals surface area contributed by atoms with E-state index in [0.717, 1.165) is 15.7 Å². The number of carbonyl (C=O) groups is 1. The highest BCUT2D eigenvalue weighted by atomic mass is 79.9. The highest BCUT2D eigenvalue weighted by Crippen LogP contribution is 2.22. The normalized spacial score (nSPS) is 10.2. The Morgan fingerprint density at radius 3 is 2.79 bits per heavy atom. The van der Waals surface area contributed by atoms with E-state index in [1.807, 2.05) is 18.2 Å². The molecule has 2 aromatic rings. The smallest absolute Gasteiger partial charge is 0.335 e. The minimum absolute atomic E-state index is 0.259. The summed E-state index contributed by atoms with van der Waals surface area (Å²) >= 11 is 9.39. The van der Waals surface area contributed by atoms with E-state index < -0.39 is 5.97 Å². The molecule has 0 amide bonds. The number of benzene rings is 2. The van der Waals surface area contributed by atoms with Gasteiger partial charge in [0, 0.05) is 21.7 Å². The Kier molecular flexibility index (Phi) is 4.45. The molecule has 2 N–H and O–H groups in total. The van der Waals surface area contributed by atoms with Gasteiger partial charge in [-0.3, -0.25) is 0 Å². The maximum atomic E-state index is 10.9. The van der Waals surface area contributed by atoms with Gasteiger partial charge in [0.1, 0.15) is 0 Å². The summed E-state index contributed by atoms with van der Waals surface area (Å²) in [5.41, 5.74) is 2.02. The minimum atomic E-state index is -0.937. The first-order valence-electron chi connectivity index (χ1n) is 5.57. The van der Waals surface area contributed by atoms with Crippen molar-refractivity contribution in [3.8, 4) is 0 Å². The lowest BCUT2D eigenvalue weighted by atomic mass is 10.2. The number of nitrogens with one attached hydrogen (secondary N) is 1. The number of hydrogen-bond acceptors (Lipinski definition) is 2. The average molecular weight is 341 g/mol. The van der Waals surface area contributed by atoms with E-state index in [1.165, 1.54) is 0 Å². The van der Waals surface area contributed by atoms with E-state index in [2.05, 4.69) is 21.2 Å². The van der Waals surface area contributed by atoms with Crippen molar-refractivity contribution in [1.29, 1.82) is 0 Å². The first kappa shape index (κ1) is 13.9. The molecule has 0 aromatic heterocycles. The lowest BCUT2D eigenvalue weighted by molar-refractivity contribution is 0.0697.